The van der Waals surface area contributed by atoms with Crippen molar-refractivity contribution < 1.29 is 4.79 Å². The van der Waals surface area contributed by atoms with E-state index in [0.29, 0.717) is 10.8 Å². The molecule has 2 aromatic carbocycles. The maximum atomic E-state index is 11.8. The number of nitrogens with one attached hydrogen (secondary N) is 1. The molecule has 2 rings (SSSR count). The first kappa shape index (κ1) is 14.0. The summed E-state index contributed by atoms with van der Waals surface area (Å²) in [7, 11) is 0. The van der Waals surface area contributed by atoms with E-state index in [9.17, 15) is 4.79 Å². The Balaban J connectivity index is 1.88. The Hall–Kier alpha value is -1.45. The van der Waals surface area contributed by atoms with Crippen LogP contribution in [0.1, 0.15) is 5.56 Å². The van der Waals surface area contributed by atoms with E-state index < -0.39 is 0 Å². The molecule has 1 N–H and O–H groups in total. The first-order valence-electron chi connectivity index (χ1n) is 5.89. The van der Waals surface area contributed by atoms with Crippen LogP contribution < -0.4 is 5.32 Å². The SMILES string of the molecule is Cc1ccccc1SCC(=O)Nc1ccc(Cl)cc1. The third-order valence-corrected chi connectivity index (χ3v) is 4.01. The van der Waals surface area contributed by atoms with Crippen LogP contribution in [-0.2, 0) is 4.79 Å². The van der Waals surface area contributed by atoms with Crippen LogP contribution in [0.15, 0.2) is 53.4 Å². The molecule has 0 unspecified atom stereocenters. The fourth-order valence-corrected chi connectivity index (χ4v) is 2.55. The van der Waals surface area contributed by atoms with E-state index in [1.165, 1.54) is 17.3 Å². The third kappa shape index (κ3) is 4.30. The van der Waals surface area contributed by atoms with Crippen LogP contribution in [0.3, 0.4) is 0 Å². The number of carbonyl (C=O) groups is 1. The number of anilines is 1. The lowest BCUT2D eigenvalue weighted by Gasteiger charge is -2.06. The molecular formula is C15H14ClNOS. The molecule has 0 aliphatic carbocycles. The van der Waals surface area contributed by atoms with Crippen molar-refractivity contribution in [1.29, 1.82) is 0 Å². The molecule has 2 nitrogen and oxygen atoms in total. The second-order valence-electron chi connectivity index (χ2n) is 4.11. The van der Waals surface area contributed by atoms with Gasteiger partial charge < -0.3 is 5.32 Å². The van der Waals surface area contributed by atoms with Gasteiger partial charge in [0.1, 0.15) is 0 Å². The number of hydrogen-bond donors (Lipinski definition) is 1. The molecule has 0 saturated heterocycles. The maximum Gasteiger partial charge on any atom is 0.234 e. The van der Waals surface area contributed by atoms with Crippen LogP contribution >= 0.6 is 23.4 Å². The lowest BCUT2D eigenvalue weighted by atomic mass is 10.2. The Morgan fingerprint density at radius 2 is 1.84 bits per heavy atom. The van der Waals surface area contributed by atoms with Crippen molar-refractivity contribution in [1.82, 2.24) is 0 Å². The van der Waals surface area contributed by atoms with E-state index in [1.54, 1.807) is 24.3 Å². The number of halogens is 1. The topological polar surface area (TPSA) is 29.1 Å². The van der Waals surface area contributed by atoms with Crippen molar-refractivity contribution in [2.75, 3.05) is 11.1 Å². The summed E-state index contributed by atoms with van der Waals surface area (Å²) >= 11 is 7.33. The van der Waals surface area contributed by atoms with Crippen LogP contribution in [0.2, 0.25) is 5.02 Å². The number of hydrogen-bond acceptors (Lipinski definition) is 2. The highest BCUT2D eigenvalue weighted by Gasteiger charge is 2.05. The molecular weight excluding hydrogens is 278 g/mol. The molecule has 0 aromatic heterocycles. The fraction of sp³-hybridized carbons (Fsp3) is 0.133. The Labute approximate surface area is 122 Å². The number of carbonyl (C=O) groups excluding carboxylic acids is 1. The van der Waals surface area contributed by atoms with Gasteiger partial charge in [-0.3, -0.25) is 4.79 Å². The fourth-order valence-electron chi connectivity index (χ4n) is 1.59. The molecule has 0 radical (unpaired) electrons. The predicted octanol–water partition coefficient (Wildman–Crippen LogP) is 4.38. The zero-order chi connectivity index (χ0) is 13.7. The molecule has 0 saturated carbocycles. The molecule has 1 amide bonds. The van der Waals surface area contributed by atoms with Crippen LogP contribution in [0.4, 0.5) is 5.69 Å². The van der Waals surface area contributed by atoms with Gasteiger partial charge in [-0.05, 0) is 42.8 Å². The van der Waals surface area contributed by atoms with Crippen molar-refractivity contribution in [2.45, 2.75) is 11.8 Å². The van der Waals surface area contributed by atoms with Crippen LogP contribution in [0, 0.1) is 6.92 Å². The number of thioether (sulfide) groups is 1. The van der Waals surface area contributed by atoms with Gasteiger partial charge in [0.05, 0.1) is 5.75 Å². The zero-order valence-corrected chi connectivity index (χ0v) is 12.1. The van der Waals surface area contributed by atoms with Crippen molar-refractivity contribution >= 4 is 35.0 Å². The predicted molar refractivity (Wildman–Crippen MR) is 82.0 cm³/mol. The zero-order valence-electron chi connectivity index (χ0n) is 10.5. The summed E-state index contributed by atoms with van der Waals surface area (Å²) in [6, 6.07) is 15.1. The minimum Gasteiger partial charge on any atom is -0.325 e. The average Bonchev–Trinajstić information content (AvgIpc) is 2.40. The lowest BCUT2D eigenvalue weighted by Crippen LogP contribution is -2.13. The summed E-state index contributed by atoms with van der Waals surface area (Å²) in [5.74, 6) is 0.378. The normalized spacial score (nSPS) is 10.2. The molecule has 0 aliphatic rings. The molecule has 0 spiro atoms. The molecule has 0 atom stereocenters. The summed E-state index contributed by atoms with van der Waals surface area (Å²) in [5.41, 5.74) is 1.95. The number of benzene rings is 2. The van der Waals surface area contributed by atoms with E-state index in [-0.39, 0.29) is 5.91 Å². The number of aryl methyl sites for hydroxylation is 1. The number of amides is 1. The van der Waals surface area contributed by atoms with E-state index in [4.69, 9.17) is 11.6 Å². The highest BCUT2D eigenvalue weighted by Crippen LogP contribution is 2.22. The van der Waals surface area contributed by atoms with Gasteiger partial charge in [0, 0.05) is 15.6 Å². The Kier molecular flexibility index (Phi) is 4.88. The van der Waals surface area contributed by atoms with Crippen LogP contribution in [0.25, 0.3) is 0 Å². The molecule has 0 bridgehead atoms. The first-order chi connectivity index (χ1) is 9.15. The lowest BCUT2D eigenvalue weighted by molar-refractivity contribution is -0.113. The standard InChI is InChI=1S/C15H14ClNOS/c1-11-4-2-3-5-14(11)19-10-15(18)17-13-8-6-12(16)7-9-13/h2-9H,10H2,1H3,(H,17,18). The summed E-state index contributed by atoms with van der Waals surface area (Å²) in [6.45, 7) is 2.04. The molecule has 2 aromatic rings. The minimum atomic E-state index is -0.0180. The summed E-state index contributed by atoms with van der Waals surface area (Å²) < 4.78 is 0. The minimum absolute atomic E-state index is 0.0180. The first-order valence-corrected chi connectivity index (χ1v) is 7.25. The largest absolute Gasteiger partial charge is 0.325 e. The Morgan fingerprint density at radius 3 is 2.53 bits per heavy atom. The number of rotatable bonds is 4. The van der Waals surface area contributed by atoms with Crippen LogP contribution in [-0.4, -0.2) is 11.7 Å². The van der Waals surface area contributed by atoms with Gasteiger partial charge in [-0.1, -0.05) is 29.8 Å². The summed E-state index contributed by atoms with van der Waals surface area (Å²) in [4.78, 5) is 13.0. The Morgan fingerprint density at radius 1 is 1.16 bits per heavy atom. The molecule has 19 heavy (non-hydrogen) atoms. The van der Waals surface area contributed by atoms with Gasteiger partial charge in [-0.25, -0.2) is 0 Å². The quantitative estimate of drug-likeness (QED) is 0.847. The molecule has 98 valence electrons. The van der Waals surface area contributed by atoms with Crippen molar-refractivity contribution in [3.63, 3.8) is 0 Å². The van der Waals surface area contributed by atoms with E-state index in [2.05, 4.69) is 5.32 Å². The molecule has 0 fully saturated rings. The maximum absolute atomic E-state index is 11.8. The van der Waals surface area contributed by atoms with Crippen molar-refractivity contribution in [2.24, 2.45) is 0 Å². The average molecular weight is 292 g/mol. The summed E-state index contributed by atoms with van der Waals surface area (Å²) in [6.07, 6.45) is 0. The van der Waals surface area contributed by atoms with E-state index in [0.717, 1.165) is 10.6 Å². The summed E-state index contributed by atoms with van der Waals surface area (Å²) in [5, 5.41) is 3.50. The van der Waals surface area contributed by atoms with Crippen molar-refractivity contribution in [3.8, 4) is 0 Å². The van der Waals surface area contributed by atoms with Gasteiger partial charge in [-0.15, -0.1) is 11.8 Å². The molecule has 4 heteroatoms. The second kappa shape index (κ2) is 6.64. The molecule has 0 aliphatic heterocycles. The van der Waals surface area contributed by atoms with Gasteiger partial charge in [0.2, 0.25) is 5.91 Å². The highest BCUT2D eigenvalue weighted by atomic mass is 35.5. The van der Waals surface area contributed by atoms with E-state index in [1.807, 2.05) is 31.2 Å². The second-order valence-corrected chi connectivity index (χ2v) is 5.56. The van der Waals surface area contributed by atoms with Crippen molar-refractivity contribution in [3.05, 3.63) is 59.1 Å². The third-order valence-electron chi connectivity index (χ3n) is 2.58. The van der Waals surface area contributed by atoms with Gasteiger partial charge in [-0.2, -0.15) is 0 Å². The smallest absolute Gasteiger partial charge is 0.234 e. The van der Waals surface area contributed by atoms with Gasteiger partial charge >= 0.3 is 0 Å². The van der Waals surface area contributed by atoms with E-state index >= 15 is 0 Å². The highest BCUT2D eigenvalue weighted by molar-refractivity contribution is 8.00. The van der Waals surface area contributed by atoms with Gasteiger partial charge in [0.15, 0.2) is 0 Å². The van der Waals surface area contributed by atoms with Crippen LogP contribution in [0.5, 0.6) is 0 Å². The Bertz CT molecular complexity index is 569. The molecule has 0 heterocycles. The van der Waals surface area contributed by atoms with Gasteiger partial charge in [0.25, 0.3) is 0 Å². The monoisotopic (exact) mass is 291 g/mol.